The molecule has 0 saturated heterocycles. The van der Waals surface area contributed by atoms with Crippen molar-refractivity contribution < 1.29 is 4.79 Å². The largest absolute Gasteiger partial charge is 0.295 e. The van der Waals surface area contributed by atoms with Gasteiger partial charge in [-0.15, -0.1) is 0 Å². The first-order valence-electron chi connectivity index (χ1n) is 7.24. The molecule has 114 valence electrons. The van der Waals surface area contributed by atoms with Gasteiger partial charge in [-0.05, 0) is 37.6 Å². The zero-order chi connectivity index (χ0) is 16.4. The zero-order valence-electron chi connectivity index (χ0n) is 12.9. The van der Waals surface area contributed by atoms with Gasteiger partial charge in [0.15, 0.2) is 5.78 Å². The number of benzene rings is 1. The van der Waals surface area contributed by atoms with Gasteiger partial charge in [-0.3, -0.25) is 14.8 Å². The zero-order valence-corrected chi connectivity index (χ0v) is 13.6. The summed E-state index contributed by atoms with van der Waals surface area (Å²) in [6.45, 7) is 3.50. The van der Waals surface area contributed by atoms with Gasteiger partial charge in [0, 0.05) is 34.8 Å². The van der Waals surface area contributed by atoms with Gasteiger partial charge in [-0.25, -0.2) is 0 Å². The molecule has 0 N–H and O–H groups in total. The number of rotatable bonds is 3. The Morgan fingerprint density at radius 3 is 2.26 bits per heavy atom. The summed E-state index contributed by atoms with van der Waals surface area (Å²) in [7, 11) is 0. The number of halogens is 1. The van der Waals surface area contributed by atoms with Gasteiger partial charge in [0.05, 0.1) is 10.7 Å². The Balaban J connectivity index is 2.12. The summed E-state index contributed by atoms with van der Waals surface area (Å²) in [6.07, 6.45) is 3.43. The number of hydrogen-bond donors (Lipinski definition) is 0. The van der Waals surface area contributed by atoms with Crippen LogP contribution in [0.1, 0.15) is 23.0 Å². The number of aromatic nitrogens is 2. The van der Waals surface area contributed by atoms with Crippen LogP contribution < -0.4 is 0 Å². The summed E-state index contributed by atoms with van der Waals surface area (Å²) in [6, 6.07) is 13.3. The highest BCUT2D eigenvalue weighted by atomic mass is 35.5. The molecule has 3 nitrogen and oxygen atoms in total. The maximum atomic E-state index is 11.4. The smallest absolute Gasteiger partial charge is 0.159 e. The predicted octanol–water partition coefficient (Wildman–Crippen LogP) is 4.98. The molecule has 4 heteroatoms. The third-order valence-electron chi connectivity index (χ3n) is 3.64. The maximum Gasteiger partial charge on any atom is 0.159 e. The summed E-state index contributed by atoms with van der Waals surface area (Å²) >= 11 is 6.13. The second-order valence-electron chi connectivity index (χ2n) is 5.37. The topological polar surface area (TPSA) is 42.9 Å². The third-order valence-corrected chi connectivity index (χ3v) is 3.85. The van der Waals surface area contributed by atoms with E-state index in [0.29, 0.717) is 10.6 Å². The van der Waals surface area contributed by atoms with Crippen molar-refractivity contribution in [3.05, 3.63) is 71.1 Å². The van der Waals surface area contributed by atoms with Gasteiger partial charge in [0.25, 0.3) is 0 Å². The van der Waals surface area contributed by atoms with E-state index in [1.807, 2.05) is 49.4 Å². The number of carbonyl (C=O) groups excluding carboxylic acids is 1. The quantitative estimate of drug-likeness (QED) is 0.639. The molecule has 0 aliphatic rings. The summed E-state index contributed by atoms with van der Waals surface area (Å²) < 4.78 is 0. The van der Waals surface area contributed by atoms with Gasteiger partial charge in [0.1, 0.15) is 0 Å². The summed E-state index contributed by atoms with van der Waals surface area (Å²) in [5.41, 5.74) is 5.26. The molecular weight excluding hydrogens is 308 g/mol. The first kappa shape index (κ1) is 15.4. The van der Waals surface area contributed by atoms with Crippen molar-refractivity contribution in [3.8, 4) is 22.4 Å². The average Bonchev–Trinajstić information content (AvgIpc) is 2.56. The number of Topliss-reactive ketones (excluding diaryl/α,β-unsaturated/α-hetero) is 1. The van der Waals surface area contributed by atoms with E-state index in [4.69, 9.17) is 11.6 Å². The van der Waals surface area contributed by atoms with E-state index in [9.17, 15) is 4.79 Å². The van der Waals surface area contributed by atoms with Crippen LogP contribution >= 0.6 is 11.6 Å². The van der Waals surface area contributed by atoms with Gasteiger partial charge < -0.3 is 0 Å². The number of aryl methyl sites for hydroxylation is 1. The molecule has 0 amide bonds. The number of hydrogen-bond acceptors (Lipinski definition) is 3. The predicted molar refractivity (Wildman–Crippen MR) is 92.7 cm³/mol. The van der Waals surface area contributed by atoms with Crippen molar-refractivity contribution in [1.29, 1.82) is 0 Å². The van der Waals surface area contributed by atoms with Crippen LogP contribution in [0.4, 0.5) is 0 Å². The molecular formula is C19H15ClN2O. The van der Waals surface area contributed by atoms with Crippen molar-refractivity contribution in [2.75, 3.05) is 0 Å². The molecule has 1 aromatic carbocycles. The minimum absolute atomic E-state index is 0.0451. The Kier molecular flexibility index (Phi) is 4.22. The standard InChI is InChI=1S/C19H15ClN2O/c1-12-3-4-16(10-21-12)19-18(9-17(20)11-22-19)15-7-5-14(6-8-15)13(2)23/h3-11H,1-2H3. The summed E-state index contributed by atoms with van der Waals surface area (Å²) in [5.74, 6) is 0.0451. The first-order valence-corrected chi connectivity index (χ1v) is 7.62. The van der Waals surface area contributed by atoms with Crippen molar-refractivity contribution in [1.82, 2.24) is 9.97 Å². The lowest BCUT2D eigenvalue weighted by Crippen LogP contribution is -1.93. The van der Waals surface area contributed by atoms with Crippen molar-refractivity contribution >= 4 is 17.4 Å². The van der Waals surface area contributed by atoms with Crippen LogP contribution in [0, 0.1) is 6.92 Å². The van der Waals surface area contributed by atoms with Crippen LogP contribution in [0.5, 0.6) is 0 Å². The SMILES string of the molecule is CC(=O)c1ccc(-c2cc(Cl)cnc2-c2ccc(C)nc2)cc1. The van der Waals surface area contributed by atoms with Crippen LogP contribution in [0.2, 0.25) is 5.02 Å². The average molecular weight is 323 g/mol. The van der Waals surface area contributed by atoms with Crippen LogP contribution in [0.25, 0.3) is 22.4 Å². The Morgan fingerprint density at radius 2 is 1.65 bits per heavy atom. The Hall–Kier alpha value is -2.52. The van der Waals surface area contributed by atoms with E-state index >= 15 is 0 Å². The Morgan fingerprint density at radius 1 is 0.957 bits per heavy atom. The van der Waals surface area contributed by atoms with Crippen molar-refractivity contribution in [2.24, 2.45) is 0 Å². The number of nitrogens with zero attached hydrogens (tertiary/aromatic N) is 2. The number of pyridine rings is 2. The van der Waals surface area contributed by atoms with E-state index in [0.717, 1.165) is 28.1 Å². The maximum absolute atomic E-state index is 11.4. The molecule has 3 aromatic rings. The van der Waals surface area contributed by atoms with E-state index in [-0.39, 0.29) is 5.78 Å². The minimum Gasteiger partial charge on any atom is -0.295 e. The van der Waals surface area contributed by atoms with Gasteiger partial charge >= 0.3 is 0 Å². The molecule has 3 rings (SSSR count). The lowest BCUT2D eigenvalue weighted by Gasteiger charge is -2.10. The van der Waals surface area contributed by atoms with E-state index in [2.05, 4.69) is 9.97 Å². The van der Waals surface area contributed by atoms with Crippen LogP contribution in [0.15, 0.2) is 54.9 Å². The summed E-state index contributed by atoms with van der Waals surface area (Å²) in [5, 5.41) is 0.569. The van der Waals surface area contributed by atoms with Gasteiger partial charge in [-0.1, -0.05) is 35.9 Å². The van der Waals surface area contributed by atoms with E-state index < -0.39 is 0 Å². The third kappa shape index (κ3) is 3.30. The molecule has 2 heterocycles. The molecule has 0 bridgehead atoms. The van der Waals surface area contributed by atoms with E-state index in [1.165, 1.54) is 0 Å². The first-order chi connectivity index (χ1) is 11.0. The fourth-order valence-corrected chi connectivity index (χ4v) is 2.54. The van der Waals surface area contributed by atoms with Crippen LogP contribution in [-0.4, -0.2) is 15.8 Å². The Labute approximate surface area is 140 Å². The molecule has 0 aliphatic carbocycles. The fourth-order valence-electron chi connectivity index (χ4n) is 2.38. The van der Waals surface area contributed by atoms with Crippen molar-refractivity contribution in [2.45, 2.75) is 13.8 Å². The fraction of sp³-hybridized carbons (Fsp3) is 0.105. The second kappa shape index (κ2) is 6.31. The van der Waals surface area contributed by atoms with E-state index in [1.54, 1.807) is 19.3 Å². The minimum atomic E-state index is 0.0451. The molecule has 2 aromatic heterocycles. The molecule has 0 saturated carbocycles. The normalized spacial score (nSPS) is 10.6. The molecule has 0 unspecified atom stereocenters. The van der Waals surface area contributed by atoms with Crippen LogP contribution in [0.3, 0.4) is 0 Å². The lowest BCUT2D eigenvalue weighted by molar-refractivity contribution is 0.101. The molecule has 0 radical (unpaired) electrons. The number of carbonyl (C=O) groups is 1. The lowest BCUT2D eigenvalue weighted by atomic mass is 9.98. The monoisotopic (exact) mass is 322 g/mol. The highest BCUT2D eigenvalue weighted by Gasteiger charge is 2.11. The molecule has 0 aliphatic heterocycles. The molecule has 0 atom stereocenters. The van der Waals surface area contributed by atoms with Gasteiger partial charge in [0.2, 0.25) is 0 Å². The Bertz CT molecular complexity index is 856. The highest BCUT2D eigenvalue weighted by Crippen LogP contribution is 2.32. The van der Waals surface area contributed by atoms with Crippen LogP contribution in [-0.2, 0) is 0 Å². The highest BCUT2D eigenvalue weighted by molar-refractivity contribution is 6.30. The second-order valence-corrected chi connectivity index (χ2v) is 5.81. The van der Waals surface area contributed by atoms with Crippen molar-refractivity contribution in [3.63, 3.8) is 0 Å². The molecule has 0 spiro atoms. The molecule has 23 heavy (non-hydrogen) atoms. The number of ketones is 1. The summed E-state index contributed by atoms with van der Waals surface area (Å²) in [4.78, 5) is 20.2. The molecule has 0 fully saturated rings. The van der Waals surface area contributed by atoms with Gasteiger partial charge in [-0.2, -0.15) is 0 Å².